The van der Waals surface area contributed by atoms with E-state index < -0.39 is 5.97 Å². The Morgan fingerprint density at radius 1 is 1.12 bits per heavy atom. The zero-order valence-corrected chi connectivity index (χ0v) is 14.6. The van der Waals surface area contributed by atoms with E-state index in [-0.39, 0.29) is 24.3 Å². The summed E-state index contributed by atoms with van der Waals surface area (Å²) < 4.78 is 0. The Hall–Kier alpha value is -2.67. The van der Waals surface area contributed by atoms with Gasteiger partial charge < -0.3 is 15.7 Å². The summed E-state index contributed by atoms with van der Waals surface area (Å²) in [5, 5.41) is 16.1. The smallest absolute Gasteiger partial charge is 0.303 e. The van der Waals surface area contributed by atoms with Crippen molar-refractivity contribution in [2.45, 2.75) is 32.4 Å². The maximum absolute atomic E-state index is 12.1. The van der Waals surface area contributed by atoms with Gasteiger partial charge in [-0.15, -0.1) is 11.3 Å². The van der Waals surface area contributed by atoms with Crippen LogP contribution in [0.25, 0.3) is 0 Å². The zero-order chi connectivity index (χ0) is 18.2. The van der Waals surface area contributed by atoms with Gasteiger partial charge in [-0.05, 0) is 42.5 Å². The fourth-order valence-electron chi connectivity index (χ4n) is 2.17. The quantitative estimate of drug-likeness (QED) is 0.674. The van der Waals surface area contributed by atoms with Gasteiger partial charge in [0, 0.05) is 24.6 Å². The molecule has 1 atom stereocenters. The molecule has 0 bridgehead atoms. The van der Waals surface area contributed by atoms with Crippen molar-refractivity contribution < 1.29 is 19.5 Å². The summed E-state index contributed by atoms with van der Waals surface area (Å²) in [5.74, 6) is -1.24. The average molecular weight is 360 g/mol. The van der Waals surface area contributed by atoms with Crippen molar-refractivity contribution in [3.63, 3.8) is 0 Å². The number of benzene rings is 1. The van der Waals surface area contributed by atoms with E-state index in [1.165, 1.54) is 11.3 Å². The number of carbonyl (C=O) groups is 3. The molecule has 1 heterocycles. The molecule has 7 heteroatoms. The fourth-order valence-corrected chi connectivity index (χ4v) is 2.81. The lowest BCUT2D eigenvalue weighted by Crippen LogP contribution is -2.32. The number of thiophene rings is 1. The van der Waals surface area contributed by atoms with Crippen molar-refractivity contribution >= 4 is 29.1 Å². The van der Waals surface area contributed by atoms with Crippen LogP contribution in [0.3, 0.4) is 0 Å². The van der Waals surface area contributed by atoms with Gasteiger partial charge in [0.15, 0.2) is 0 Å². The number of hydrogen-bond donors (Lipinski definition) is 3. The number of amides is 2. The van der Waals surface area contributed by atoms with Crippen LogP contribution in [0.2, 0.25) is 0 Å². The molecule has 1 unspecified atom stereocenters. The van der Waals surface area contributed by atoms with E-state index in [4.69, 9.17) is 5.11 Å². The van der Waals surface area contributed by atoms with Gasteiger partial charge in [-0.2, -0.15) is 0 Å². The van der Waals surface area contributed by atoms with Gasteiger partial charge in [0.05, 0.1) is 4.88 Å². The number of nitrogens with one attached hydrogen (secondary N) is 2. The van der Waals surface area contributed by atoms with Crippen LogP contribution in [0.15, 0.2) is 41.8 Å². The molecule has 0 aliphatic rings. The van der Waals surface area contributed by atoms with E-state index >= 15 is 0 Å². The summed E-state index contributed by atoms with van der Waals surface area (Å²) in [5.41, 5.74) is 1.39. The van der Waals surface area contributed by atoms with Crippen LogP contribution in [0, 0.1) is 0 Å². The Balaban J connectivity index is 1.83. The third-order valence-electron chi connectivity index (χ3n) is 3.58. The third-order valence-corrected chi connectivity index (χ3v) is 4.45. The second kappa shape index (κ2) is 8.98. The van der Waals surface area contributed by atoms with Crippen LogP contribution in [-0.2, 0) is 11.3 Å². The van der Waals surface area contributed by atoms with Crippen molar-refractivity contribution in [2.24, 2.45) is 0 Å². The minimum atomic E-state index is -0.880. The summed E-state index contributed by atoms with van der Waals surface area (Å²) in [7, 11) is 0. The first kappa shape index (κ1) is 18.7. The van der Waals surface area contributed by atoms with Crippen molar-refractivity contribution in [1.29, 1.82) is 0 Å². The second-order valence-electron chi connectivity index (χ2n) is 5.66. The molecule has 0 aliphatic carbocycles. The lowest BCUT2D eigenvalue weighted by Gasteiger charge is -2.13. The fraction of sp³-hybridized carbons (Fsp3) is 0.278. The van der Waals surface area contributed by atoms with E-state index in [0.717, 1.165) is 5.56 Å². The van der Waals surface area contributed by atoms with Crippen LogP contribution in [0.1, 0.15) is 45.4 Å². The Morgan fingerprint density at radius 3 is 2.44 bits per heavy atom. The van der Waals surface area contributed by atoms with Crippen LogP contribution < -0.4 is 10.6 Å². The summed E-state index contributed by atoms with van der Waals surface area (Å²) in [6, 6.07) is 10.3. The number of carboxylic acid groups (broad SMARTS) is 1. The van der Waals surface area contributed by atoms with Gasteiger partial charge in [-0.3, -0.25) is 14.4 Å². The number of hydrogen-bond acceptors (Lipinski definition) is 4. The highest BCUT2D eigenvalue weighted by Crippen LogP contribution is 2.09. The monoisotopic (exact) mass is 360 g/mol. The van der Waals surface area contributed by atoms with Crippen LogP contribution >= 0.6 is 11.3 Å². The number of carbonyl (C=O) groups excluding carboxylic acids is 2. The molecule has 25 heavy (non-hydrogen) atoms. The van der Waals surface area contributed by atoms with E-state index in [1.807, 2.05) is 11.4 Å². The molecule has 132 valence electrons. The highest BCUT2D eigenvalue weighted by atomic mass is 32.1. The minimum absolute atomic E-state index is 0.0182. The molecule has 0 spiro atoms. The Bertz CT molecular complexity index is 726. The molecule has 0 aliphatic heterocycles. The van der Waals surface area contributed by atoms with E-state index in [9.17, 15) is 14.4 Å². The molecule has 3 N–H and O–H groups in total. The predicted molar refractivity (Wildman–Crippen MR) is 95.7 cm³/mol. The summed E-state index contributed by atoms with van der Waals surface area (Å²) in [6.45, 7) is 2.16. The van der Waals surface area contributed by atoms with Gasteiger partial charge >= 0.3 is 5.97 Å². The van der Waals surface area contributed by atoms with E-state index in [2.05, 4.69) is 10.6 Å². The van der Waals surface area contributed by atoms with Crippen molar-refractivity contribution in [1.82, 2.24) is 10.6 Å². The standard InChI is InChI=1S/C18H20N2O4S/c1-12(4-9-16(21)22)20-17(23)14-7-5-13(6-8-14)11-19-18(24)15-3-2-10-25-15/h2-3,5-8,10,12H,4,9,11H2,1H3,(H,19,24)(H,20,23)(H,21,22). The van der Waals surface area contributed by atoms with E-state index in [0.29, 0.717) is 23.4 Å². The molecule has 2 rings (SSSR count). The van der Waals surface area contributed by atoms with Crippen molar-refractivity contribution in [3.05, 3.63) is 57.8 Å². The van der Waals surface area contributed by atoms with Gasteiger partial charge in [0.25, 0.3) is 11.8 Å². The van der Waals surface area contributed by atoms with Crippen molar-refractivity contribution in [2.75, 3.05) is 0 Å². The van der Waals surface area contributed by atoms with Gasteiger partial charge in [0.2, 0.25) is 0 Å². The minimum Gasteiger partial charge on any atom is -0.481 e. The summed E-state index contributed by atoms with van der Waals surface area (Å²) >= 11 is 1.38. The maximum Gasteiger partial charge on any atom is 0.303 e. The topological polar surface area (TPSA) is 95.5 Å². The lowest BCUT2D eigenvalue weighted by molar-refractivity contribution is -0.137. The van der Waals surface area contributed by atoms with Gasteiger partial charge in [-0.1, -0.05) is 18.2 Å². The Morgan fingerprint density at radius 2 is 1.84 bits per heavy atom. The molecule has 1 aromatic heterocycles. The third kappa shape index (κ3) is 6.04. The first-order valence-corrected chi connectivity index (χ1v) is 8.77. The van der Waals surface area contributed by atoms with Crippen LogP contribution in [0.4, 0.5) is 0 Å². The molecule has 6 nitrogen and oxygen atoms in total. The van der Waals surface area contributed by atoms with E-state index in [1.54, 1.807) is 37.3 Å². The molecule has 2 amide bonds. The van der Waals surface area contributed by atoms with Crippen LogP contribution in [-0.4, -0.2) is 28.9 Å². The molecule has 0 fully saturated rings. The maximum atomic E-state index is 12.1. The SMILES string of the molecule is CC(CCC(=O)O)NC(=O)c1ccc(CNC(=O)c2cccs2)cc1. The predicted octanol–water partition coefficient (Wildman–Crippen LogP) is 2.66. The second-order valence-corrected chi connectivity index (χ2v) is 6.61. The van der Waals surface area contributed by atoms with Gasteiger partial charge in [-0.25, -0.2) is 0 Å². The number of carboxylic acids is 1. The molecule has 2 aromatic rings. The molecule has 0 saturated heterocycles. The molecular formula is C18H20N2O4S. The molecular weight excluding hydrogens is 340 g/mol. The number of rotatable bonds is 8. The van der Waals surface area contributed by atoms with Crippen molar-refractivity contribution in [3.8, 4) is 0 Å². The first-order valence-electron chi connectivity index (χ1n) is 7.89. The molecule has 0 radical (unpaired) electrons. The highest BCUT2D eigenvalue weighted by molar-refractivity contribution is 7.12. The lowest BCUT2D eigenvalue weighted by atomic mass is 10.1. The first-order chi connectivity index (χ1) is 12.0. The van der Waals surface area contributed by atoms with Gasteiger partial charge in [0.1, 0.15) is 0 Å². The molecule has 0 saturated carbocycles. The number of aliphatic carboxylic acids is 1. The highest BCUT2D eigenvalue weighted by Gasteiger charge is 2.11. The zero-order valence-electron chi connectivity index (χ0n) is 13.8. The Kier molecular flexibility index (Phi) is 6.71. The van der Waals surface area contributed by atoms with Crippen LogP contribution in [0.5, 0.6) is 0 Å². The molecule has 1 aromatic carbocycles. The summed E-state index contributed by atoms with van der Waals surface area (Å²) in [6.07, 6.45) is 0.401. The largest absolute Gasteiger partial charge is 0.481 e. The average Bonchev–Trinajstić information content (AvgIpc) is 3.13. The Labute approximate surface area is 149 Å². The summed E-state index contributed by atoms with van der Waals surface area (Å²) in [4.78, 5) is 35.2. The normalized spacial score (nSPS) is 11.6.